The molecule has 1 aliphatic heterocycles. The minimum atomic E-state index is -0.258. The Labute approximate surface area is 197 Å². The van der Waals surface area contributed by atoms with Crippen LogP contribution < -0.4 is 15.4 Å². The molecule has 11 nitrogen and oxygen atoms in total. The number of fused-ring (bicyclic) bond motifs is 2. The molecule has 4 heterocycles. The summed E-state index contributed by atoms with van der Waals surface area (Å²) in [5.74, 6) is 0.487. The van der Waals surface area contributed by atoms with Crippen LogP contribution in [0.4, 0.5) is 9.93 Å². The van der Waals surface area contributed by atoms with Crippen molar-refractivity contribution in [1.29, 1.82) is 0 Å². The Bertz CT molecular complexity index is 1270. The molecule has 0 bridgehead atoms. The first-order valence-corrected chi connectivity index (χ1v) is 12.0. The molecule has 3 aromatic heterocycles. The number of anilines is 1. The number of nitrogens with zero attached hydrogens (tertiary/aromatic N) is 6. The van der Waals surface area contributed by atoms with E-state index in [9.17, 15) is 4.79 Å². The minimum Gasteiger partial charge on any atom is -0.480 e. The van der Waals surface area contributed by atoms with Crippen LogP contribution in [0.25, 0.3) is 15.9 Å². The highest BCUT2D eigenvalue weighted by atomic mass is 32.2. The first-order valence-electron chi connectivity index (χ1n) is 10.4. The van der Waals surface area contributed by atoms with Crippen LogP contribution in [0.5, 0.6) is 5.88 Å². The summed E-state index contributed by atoms with van der Waals surface area (Å²) in [6, 6.07) is 9.19. The summed E-state index contributed by atoms with van der Waals surface area (Å²) in [5.41, 5.74) is 1.46. The predicted octanol–water partition coefficient (Wildman–Crippen LogP) is 2.35. The van der Waals surface area contributed by atoms with Gasteiger partial charge >= 0.3 is 6.03 Å². The number of thiazole rings is 1. The zero-order valence-electron chi connectivity index (χ0n) is 17.9. The molecule has 172 valence electrons. The van der Waals surface area contributed by atoms with E-state index in [2.05, 4.69) is 35.8 Å². The maximum Gasteiger partial charge on any atom is 0.321 e. The lowest BCUT2D eigenvalue weighted by molar-refractivity contribution is 0.0388. The fourth-order valence-electron chi connectivity index (χ4n) is 3.35. The maximum absolute atomic E-state index is 12.2. The third-order valence-corrected chi connectivity index (χ3v) is 6.89. The van der Waals surface area contributed by atoms with E-state index >= 15 is 0 Å². The number of carbonyl (C=O) groups excluding carboxylic acids is 1. The fraction of sp³-hybridized carbons (Fsp3) is 0.350. The lowest BCUT2D eigenvalue weighted by atomic mass is 10.3. The Morgan fingerprint density at radius 1 is 1.24 bits per heavy atom. The van der Waals surface area contributed by atoms with Gasteiger partial charge in [0.05, 0.1) is 30.5 Å². The standard InChI is InChI=1S/C20H22N8O3S2/c1-30-17-5-4-16-24-25-20(28(16)26-17)32-13-2-3-14-15(12-13)33-19(22-14)23-18(29)21-6-7-27-8-10-31-11-9-27/h2-5,12H,6-11H2,1H3,(H2,21,22,23,29). The van der Waals surface area contributed by atoms with E-state index in [1.54, 1.807) is 23.8 Å². The van der Waals surface area contributed by atoms with E-state index in [-0.39, 0.29) is 6.03 Å². The quantitative estimate of drug-likeness (QED) is 0.406. The normalized spacial score (nSPS) is 14.6. The molecule has 0 atom stereocenters. The molecular weight excluding hydrogens is 464 g/mol. The summed E-state index contributed by atoms with van der Waals surface area (Å²) in [7, 11) is 1.57. The first kappa shape index (κ1) is 21.8. The van der Waals surface area contributed by atoms with Gasteiger partial charge in [0.25, 0.3) is 0 Å². The van der Waals surface area contributed by atoms with Crippen LogP contribution >= 0.6 is 23.1 Å². The molecule has 33 heavy (non-hydrogen) atoms. The molecule has 1 fully saturated rings. The largest absolute Gasteiger partial charge is 0.480 e. The number of benzene rings is 1. The van der Waals surface area contributed by atoms with Gasteiger partial charge in [-0.3, -0.25) is 10.2 Å². The van der Waals surface area contributed by atoms with Gasteiger partial charge in [-0.25, -0.2) is 9.78 Å². The van der Waals surface area contributed by atoms with Gasteiger partial charge in [-0.1, -0.05) is 11.3 Å². The van der Waals surface area contributed by atoms with Gasteiger partial charge < -0.3 is 14.8 Å². The summed E-state index contributed by atoms with van der Waals surface area (Å²) >= 11 is 2.86. The molecule has 0 spiro atoms. The van der Waals surface area contributed by atoms with Crippen LogP contribution in [0, 0.1) is 0 Å². The number of methoxy groups -OCH3 is 1. The monoisotopic (exact) mass is 486 g/mol. The molecule has 0 saturated carbocycles. The van der Waals surface area contributed by atoms with Crippen molar-refractivity contribution < 1.29 is 14.3 Å². The summed E-state index contributed by atoms with van der Waals surface area (Å²) in [6.45, 7) is 4.66. The second kappa shape index (κ2) is 9.87. The van der Waals surface area contributed by atoms with E-state index in [4.69, 9.17) is 9.47 Å². The summed E-state index contributed by atoms with van der Waals surface area (Å²) < 4.78 is 13.1. The SMILES string of the molecule is COc1ccc2nnc(Sc3ccc4nc(NC(=O)NCCN5CCOCC5)sc4c3)n2n1. The Morgan fingerprint density at radius 2 is 2.12 bits per heavy atom. The molecule has 0 aliphatic carbocycles. The van der Waals surface area contributed by atoms with Gasteiger partial charge in [-0.2, -0.15) is 4.52 Å². The second-order valence-electron chi connectivity index (χ2n) is 7.21. The number of rotatable bonds is 7. The van der Waals surface area contributed by atoms with Crippen LogP contribution in [0.3, 0.4) is 0 Å². The van der Waals surface area contributed by atoms with Crippen molar-refractivity contribution in [2.45, 2.75) is 10.1 Å². The molecule has 1 saturated heterocycles. The highest BCUT2D eigenvalue weighted by molar-refractivity contribution is 7.99. The molecule has 1 aliphatic rings. The smallest absolute Gasteiger partial charge is 0.321 e. The lowest BCUT2D eigenvalue weighted by Crippen LogP contribution is -2.42. The number of amides is 2. The number of aromatic nitrogens is 5. The Balaban J connectivity index is 1.22. The predicted molar refractivity (Wildman–Crippen MR) is 125 cm³/mol. The van der Waals surface area contributed by atoms with Crippen molar-refractivity contribution in [3.63, 3.8) is 0 Å². The summed E-state index contributed by atoms with van der Waals surface area (Å²) in [6.07, 6.45) is 0. The number of hydrogen-bond acceptors (Lipinski definition) is 10. The number of hydrogen-bond donors (Lipinski definition) is 2. The van der Waals surface area contributed by atoms with Gasteiger partial charge in [-0.15, -0.1) is 15.3 Å². The second-order valence-corrected chi connectivity index (χ2v) is 9.29. The van der Waals surface area contributed by atoms with Gasteiger partial charge in [0.1, 0.15) is 0 Å². The van der Waals surface area contributed by atoms with Crippen LogP contribution in [0.1, 0.15) is 0 Å². The molecule has 2 N–H and O–H groups in total. The van der Waals surface area contributed by atoms with Crippen LogP contribution in [-0.4, -0.2) is 82.2 Å². The molecule has 1 aromatic carbocycles. The number of morpholine rings is 1. The van der Waals surface area contributed by atoms with Crippen LogP contribution in [-0.2, 0) is 4.74 Å². The van der Waals surface area contributed by atoms with Crippen molar-refractivity contribution >= 4 is 50.1 Å². The number of ether oxygens (including phenoxy) is 2. The summed E-state index contributed by atoms with van der Waals surface area (Å²) in [4.78, 5) is 20.0. The highest BCUT2D eigenvalue weighted by Crippen LogP contribution is 2.33. The Kier molecular flexibility index (Phi) is 6.53. The van der Waals surface area contributed by atoms with E-state index < -0.39 is 0 Å². The number of carbonyl (C=O) groups is 1. The van der Waals surface area contributed by atoms with Gasteiger partial charge in [-0.05, 0) is 36.0 Å². The molecule has 4 aromatic rings. The lowest BCUT2D eigenvalue weighted by Gasteiger charge is -2.26. The van der Waals surface area contributed by atoms with Crippen LogP contribution in [0.2, 0.25) is 0 Å². The molecule has 2 amide bonds. The molecule has 13 heteroatoms. The highest BCUT2D eigenvalue weighted by Gasteiger charge is 2.13. The average molecular weight is 487 g/mol. The van der Waals surface area contributed by atoms with E-state index in [1.165, 1.54) is 23.1 Å². The molecular formula is C20H22N8O3S2. The van der Waals surface area contributed by atoms with Gasteiger partial charge in [0.15, 0.2) is 10.8 Å². The van der Waals surface area contributed by atoms with E-state index in [0.717, 1.165) is 48.0 Å². The van der Waals surface area contributed by atoms with Crippen molar-refractivity contribution in [1.82, 2.24) is 35.0 Å². The van der Waals surface area contributed by atoms with Crippen molar-refractivity contribution in [3.8, 4) is 5.88 Å². The van der Waals surface area contributed by atoms with Crippen LogP contribution in [0.15, 0.2) is 40.4 Å². The van der Waals surface area contributed by atoms with E-state index in [0.29, 0.717) is 28.4 Å². The van der Waals surface area contributed by atoms with E-state index in [1.807, 2.05) is 18.2 Å². The molecule has 0 radical (unpaired) electrons. The minimum absolute atomic E-state index is 0.258. The Morgan fingerprint density at radius 3 is 2.97 bits per heavy atom. The maximum atomic E-state index is 12.2. The topological polar surface area (TPSA) is 119 Å². The zero-order valence-corrected chi connectivity index (χ0v) is 19.5. The number of nitrogens with one attached hydrogen (secondary N) is 2. The summed E-state index contributed by atoms with van der Waals surface area (Å²) in [5, 5.41) is 19.6. The third kappa shape index (κ3) is 5.16. The average Bonchev–Trinajstić information content (AvgIpc) is 3.42. The fourth-order valence-corrected chi connectivity index (χ4v) is 5.15. The van der Waals surface area contributed by atoms with Gasteiger partial charge in [0.2, 0.25) is 11.0 Å². The third-order valence-electron chi connectivity index (χ3n) is 5.03. The molecule has 0 unspecified atom stereocenters. The van der Waals surface area contributed by atoms with Crippen molar-refractivity contribution in [3.05, 3.63) is 30.3 Å². The number of urea groups is 1. The molecule has 5 rings (SSSR count). The zero-order chi connectivity index (χ0) is 22.6. The van der Waals surface area contributed by atoms with Crippen molar-refractivity contribution in [2.24, 2.45) is 0 Å². The Hall–Kier alpha value is -3.00. The van der Waals surface area contributed by atoms with Gasteiger partial charge in [0, 0.05) is 37.1 Å². The van der Waals surface area contributed by atoms with Crippen molar-refractivity contribution in [2.75, 3.05) is 51.8 Å². The first-order chi connectivity index (χ1) is 16.2.